The first-order chi connectivity index (χ1) is 12.2. The van der Waals surface area contributed by atoms with Gasteiger partial charge in [-0.15, -0.1) is 0 Å². The van der Waals surface area contributed by atoms with Crippen molar-refractivity contribution in [2.75, 3.05) is 44.7 Å². The zero-order chi connectivity index (χ0) is 17.6. The summed E-state index contributed by atoms with van der Waals surface area (Å²) < 4.78 is 7.05. The number of nitrogens with one attached hydrogen (secondary N) is 1. The van der Waals surface area contributed by atoms with Gasteiger partial charge in [-0.3, -0.25) is 4.68 Å². The van der Waals surface area contributed by atoms with Crippen molar-refractivity contribution in [1.82, 2.24) is 20.0 Å². The first kappa shape index (κ1) is 17.1. The molecular formula is C18H25N5O2. The number of urea groups is 1. The van der Waals surface area contributed by atoms with E-state index in [-0.39, 0.29) is 6.03 Å². The molecule has 1 saturated heterocycles. The van der Waals surface area contributed by atoms with E-state index in [0.29, 0.717) is 6.54 Å². The molecule has 2 aromatic rings. The topological polar surface area (TPSA) is 62.6 Å². The number of rotatable bonds is 5. The SMILES string of the molecule is COc1cccc(N2CCN(C(=O)NCCc3cnn(C)c3)CC2)c1. The first-order valence-corrected chi connectivity index (χ1v) is 8.55. The van der Waals surface area contributed by atoms with Crippen LogP contribution in [0.4, 0.5) is 10.5 Å². The van der Waals surface area contributed by atoms with Gasteiger partial charge < -0.3 is 19.9 Å². The Morgan fingerprint density at radius 2 is 2.08 bits per heavy atom. The van der Waals surface area contributed by atoms with Crippen LogP contribution in [-0.2, 0) is 13.5 Å². The first-order valence-electron chi connectivity index (χ1n) is 8.55. The minimum atomic E-state index is 0.00850. The van der Waals surface area contributed by atoms with Crippen LogP contribution in [0, 0.1) is 0 Å². The van der Waals surface area contributed by atoms with Gasteiger partial charge in [0.2, 0.25) is 0 Å². The second-order valence-corrected chi connectivity index (χ2v) is 6.18. The third-order valence-electron chi connectivity index (χ3n) is 4.43. The number of hydrogen-bond donors (Lipinski definition) is 1. The summed E-state index contributed by atoms with van der Waals surface area (Å²) in [5.74, 6) is 0.855. The zero-order valence-electron chi connectivity index (χ0n) is 14.8. The van der Waals surface area contributed by atoms with Crippen LogP contribution in [0.1, 0.15) is 5.56 Å². The Hall–Kier alpha value is -2.70. The summed E-state index contributed by atoms with van der Waals surface area (Å²) in [6, 6.07) is 8.05. The highest BCUT2D eigenvalue weighted by molar-refractivity contribution is 5.74. The van der Waals surface area contributed by atoms with Gasteiger partial charge in [0.05, 0.1) is 13.3 Å². The number of hydrogen-bond acceptors (Lipinski definition) is 4. The molecule has 0 aliphatic carbocycles. The number of carbonyl (C=O) groups is 1. The fraction of sp³-hybridized carbons (Fsp3) is 0.444. The second kappa shape index (κ2) is 7.92. The number of piperazine rings is 1. The van der Waals surface area contributed by atoms with E-state index < -0.39 is 0 Å². The van der Waals surface area contributed by atoms with Crippen molar-refractivity contribution in [1.29, 1.82) is 0 Å². The Morgan fingerprint density at radius 3 is 2.76 bits per heavy atom. The van der Waals surface area contributed by atoms with Crippen molar-refractivity contribution in [3.63, 3.8) is 0 Å². The molecule has 0 atom stereocenters. The summed E-state index contributed by atoms with van der Waals surface area (Å²) in [4.78, 5) is 16.4. The van der Waals surface area contributed by atoms with E-state index in [1.165, 1.54) is 0 Å². The number of carbonyl (C=O) groups excluding carboxylic acids is 1. The Balaban J connectivity index is 1.44. The van der Waals surface area contributed by atoms with Crippen LogP contribution in [0.15, 0.2) is 36.7 Å². The van der Waals surface area contributed by atoms with Crippen LogP contribution >= 0.6 is 0 Å². The van der Waals surface area contributed by atoms with Crippen molar-refractivity contribution in [3.8, 4) is 5.75 Å². The minimum absolute atomic E-state index is 0.00850. The fourth-order valence-electron chi connectivity index (χ4n) is 3.00. The number of benzene rings is 1. The van der Waals surface area contributed by atoms with E-state index in [4.69, 9.17) is 4.74 Å². The molecule has 2 heterocycles. The molecule has 1 aliphatic rings. The molecule has 0 saturated carbocycles. The van der Waals surface area contributed by atoms with Gasteiger partial charge in [-0.05, 0) is 24.1 Å². The number of aryl methyl sites for hydroxylation is 1. The van der Waals surface area contributed by atoms with Crippen LogP contribution in [0.5, 0.6) is 5.75 Å². The van der Waals surface area contributed by atoms with Gasteiger partial charge in [0, 0.05) is 57.7 Å². The third kappa shape index (κ3) is 4.43. The number of nitrogens with zero attached hydrogens (tertiary/aromatic N) is 4. The van der Waals surface area contributed by atoms with E-state index >= 15 is 0 Å². The number of aromatic nitrogens is 2. The van der Waals surface area contributed by atoms with Gasteiger partial charge in [-0.1, -0.05) is 6.07 Å². The largest absolute Gasteiger partial charge is 0.497 e. The molecule has 0 spiro atoms. The average Bonchev–Trinajstić information content (AvgIpc) is 3.07. The van der Waals surface area contributed by atoms with Crippen molar-refractivity contribution in [2.24, 2.45) is 7.05 Å². The van der Waals surface area contributed by atoms with Gasteiger partial charge >= 0.3 is 6.03 Å². The molecule has 1 N–H and O–H groups in total. The van der Waals surface area contributed by atoms with E-state index in [1.54, 1.807) is 11.8 Å². The smallest absolute Gasteiger partial charge is 0.317 e. The van der Waals surface area contributed by atoms with Crippen LogP contribution in [0.2, 0.25) is 0 Å². The van der Waals surface area contributed by atoms with Crippen LogP contribution in [-0.4, -0.2) is 60.5 Å². The number of ether oxygens (including phenoxy) is 1. The predicted molar refractivity (Wildman–Crippen MR) is 97.1 cm³/mol. The van der Waals surface area contributed by atoms with Crippen LogP contribution < -0.4 is 15.0 Å². The van der Waals surface area contributed by atoms with Gasteiger partial charge in [0.1, 0.15) is 5.75 Å². The van der Waals surface area contributed by atoms with Crippen molar-refractivity contribution >= 4 is 11.7 Å². The Morgan fingerprint density at radius 1 is 1.28 bits per heavy atom. The summed E-state index contributed by atoms with van der Waals surface area (Å²) in [6.07, 6.45) is 4.60. The highest BCUT2D eigenvalue weighted by atomic mass is 16.5. The summed E-state index contributed by atoms with van der Waals surface area (Å²) in [7, 11) is 3.57. The minimum Gasteiger partial charge on any atom is -0.497 e. The van der Waals surface area contributed by atoms with Gasteiger partial charge in [-0.25, -0.2) is 4.79 Å². The average molecular weight is 343 g/mol. The number of amides is 2. The van der Waals surface area contributed by atoms with Crippen LogP contribution in [0.25, 0.3) is 0 Å². The van der Waals surface area contributed by atoms with Gasteiger partial charge in [0.25, 0.3) is 0 Å². The molecular weight excluding hydrogens is 318 g/mol. The normalized spacial score (nSPS) is 14.5. The quantitative estimate of drug-likeness (QED) is 0.894. The molecule has 0 unspecified atom stereocenters. The lowest BCUT2D eigenvalue weighted by Crippen LogP contribution is -2.52. The maximum Gasteiger partial charge on any atom is 0.317 e. The van der Waals surface area contributed by atoms with E-state index in [9.17, 15) is 4.79 Å². The molecule has 1 fully saturated rings. The summed E-state index contributed by atoms with van der Waals surface area (Å²) >= 11 is 0. The molecule has 0 bridgehead atoms. The van der Waals surface area contributed by atoms with Crippen molar-refractivity contribution < 1.29 is 9.53 Å². The Bertz CT molecular complexity index is 707. The highest BCUT2D eigenvalue weighted by Gasteiger charge is 2.21. The van der Waals surface area contributed by atoms with Crippen LogP contribution in [0.3, 0.4) is 0 Å². The zero-order valence-corrected chi connectivity index (χ0v) is 14.8. The van der Waals surface area contributed by atoms with Crippen molar-refractivity contribution in [3.05, 3.63) is 42.2 Å². The molecule has 1 aromatic carbocycles. The Kier molecular flexibility index (Phi) is 5.42. The lowest BCUT2D eigenvalue weighted by atomic mass is 10.2. The second-order valence-electron chi connectivity index (χ2n) is 6.18. The summed E-state index contributed by atoms with van der Waals surface area (Å²) in [5, 5.41) is 7.13. The number of anilines is 1. The van der Waals surface area contributed by atoms with E-state index in [0.717, 1.165) is 49.6 Å². The third-order valence-corrected chi connectivity index (χ3v) is 4.43. The predicted octanol–water partition coefficient (Wildman–Crippen LogP) is 1.50. The maximum absolute atomic E-state index is 12.3. The van der Waals surface area contributed by atoms with E-state index in [1.807, 2.05) is 42.5 Å². The number of methoxy groups -OCH3 is 1. The molecule has 1 aliphatic heterocycles. The molecule has 3 rings (SSSR count). The standard InChI is InChI=1S/C18H25N5O2/c1-21-14-15(13-20-21)6-7-19-18(24)23-10-8-22(9-11-23)16-4-3-5-17(12-16)25-2/h3-5,12-14H,6-11H2,1-2H3,(H,19,24). The van der Waals surface area contributed by atoms with Gasteiger partial charge in [-0.2, -0.15) is 5.10 Å². The lowest BCUT2D eigenvalue weighted by molar-refractivity contribution is 0.194. The Labute approximate surface area is 148 Å². The molecule has 7 nitrogen and oxygen atoms in total. The maximum atomic E-state index is 12.3. The molecule has 1 aromatic heterocycles. The summed E-state index contributed by atoms with van der Waals surface area (Å²) in [6.45, 7) is 3.71. The monoisotopic (exact) mass is 343 g/mol. The molecule has 0 radical (unpaired) electrons. The van der Waals surface area contributed by atoms with Gasteiger partial charge in [0.15, 0.2) is 0 Å². The molecule has 7 heteroatoms. The van der Waals surface area contributed by atoms with E-state index in [2.05, 4.69) is 21.4 Å². The van der Waals surface area contributed by atoms with Crippen molar-refractivity contribution in [2.45, 2.75) is 6.42 Å². The molecule has 134 valence electrons. The summed E-state index contributed by atoms with van der Waals surface area (Å²) in [5.41, 5.74) is 2.27. The highest BCUT2D eigenvalue weighted by Crippen LogP contribution is 2.22. The fourth-order valence-corrected chi connectivity index (χ4v) is 3.00. The molecule has 25 heavy (non-hydrogen) atoms. The lowest BCUT2D eigenvalue weighted by Gasteiger charge is -2.36. The molecule has 2 amide bonds.